The Balaban J connectivity index is 3.05. The highest BCUT2D eigenvalue weighted by Gasteiger charge is 2.06. The molecule has 0 aromatic heterocycles. The molecule has 0 fully saturated rings. The lowest BCUT2D eigenvalue weighted by Crippen LogP contribution is -1.85. The molecule has 1 aromatic carbocycles. The second-order valence-electron chi connectivity index (χ2n) is 2.78. The molecule has 0 saturated heterocycles. The Bertz CT molecular complexity index is 274. The zero-order valence-electron chi connectivity index (χ0n) is 7.44. The second kappa shape index (κ2) is 5.14. The summed E-state index contributed by atoms with van der Waals surface area (Å²) in [5, 5.41) is 1.41. The minimum Gasteiger partial charge on any atom is -0.122 e. The standard InChI is InChI=1S/C10H11Cl2S/c1-3-4-7-5-8(11)10(13-2)9(12)6-7/h5-6H,2-4H2,1H3. The van der Waals surface area contributed by atoms with Crippen molar-refractivity contribution < 1.29 is 0 Å². The molecule has 0 atom stereocenters. The molecule has 0 amide bonds. The van der Waals surface area contributed by atoms with Crippen LogP contribution in [0.1, 0.15) is 18.9 Å². The fourth-order valence-electron chi connectivity index (χ4n) is 1.18. The van der Waals surface area contributed by atoms with Crippen molar-refractivity contribution >= 4 is 35.0 Å². The third-order valence-corrected chi connectivity index (χ3v) is 3.29. The lowest BCUT2D eigenvalue weighted by molar-refractivity contribution is 0.920. The van der Waals surface area contributed by atoms with Crippen LogP contribution in [0.2, 0.25) is 10.0 Å². The van der Waals surface area contributed by atoms with Crippen molar-refractivity contribution in [1.29, 1.82) is 0 Å². The van der Waals surface area contributed by atoms with Gasteiger partial charge in [0.15, 0.2) is 0 Å². The van der Waals surface area contributed by atoms with Gasteiger partial charge >= 0.3 is 0 Å². The summed E-state index contributed by atoms with van der Waals surface area (Å²) in [6, 6.07) is 3.93. The van der Waals surface area contributed by atoms with E-state index in [4.69, 9.17) is 23.2 Å². The summed E-state index contributed by atoms with van der Waals surface area (Å²) in [5.41, 5.74) is 1.19. The van der Waals surface area contributed by atoms with E-state index in [0.717, 1.165) is 17.7 Å². The molecule has 0 N–H and O–H groups in total. The minimum absolute atomic E-state index is 0.705. The highest BCUT2D eigenvalue weighted by molar-refractivity contribution is 8.00. The summed E-state index contributed by atoms with van der Waals surface area (Å²) in [4.78, 5) is 0.864. The van der Waals surface area contributed by atoms with Gasteiger partial charge in [-0.05, 0) is 24.1 Å². The van der Waals surface area contributed by atoms with Crippen LogP contribution in [0.15, 0.2) is 17.0 Å². The third kappa shape index (κ3) is 2.80. The van der Waals surface area contributed by atoms with Crippen molar-refractivity contribution in [3.8, 4) is 0 Å². The van der Waals surface area contributed by atoms with Crippen LogP contribution in [-0.4, -0.2) is 0 Å². The van der Waals surface area contributed by atoms with E-state index in [-0.39, 0.29) is 0 Å². The molecule has 0 bridgehead atoms. The smallest absolute Gasteiger partial charge is 0.0559 e. The van der Waals surface area contributed by atoms with E-state index in [1.807, 2.05) is 12.1 Å². The first-order valence-corrected chi connectivity index (χ1v) is 5.83. The van der Waals surface area contributed by atoms with Gasteiger partial charge in [0.05, 0.1) is 10.0 Å². The molecule has 0 aliphatic rings. The maximum absolute atomic E-state index is 6.03. The maximum Gasteiger partial charge on any atom is 0.0559 e. The molecule has 0 unspecified atom stereocenters. The van der Waals surface area contributed by atoms with Gasteiger partial charge in [0.25, 0.3) is 0 Å². The molecule has 1 rings (SSSR count). The zero-order chi connectivity index (χ0) is 9.84. The van der Waals surface area contributed by atoms with Crippen LogP contribution in [-0.2, 0) is 6.42 Å². The van der Waals surface area contributed by atoms with E-state index in [9.17, 15) is 0 Å². The van der Waals surface area contributed by atoms with E-state index in [1.165, 1.54) is 17.3 Å². The van der Waals surface area contributed by atoms with Crippen molar-refractivity contribution in [1.82, 2.24) is 0 Å². The van der Waals surface area contributed by atoms with Gasteiger partial charge in [0.1, 0.15) is 0 Å². The average molecular weight is 234 g/mol. The molecule has 13 heavy (non-hydrogen) atoms. The van der Waals surface area contributed by atoms with Crippen molar-refractivity contribution in [3.63, 3.8) is 0 Å². The van der Waals surface area contributed by atoms with E-state index in [1.54, 1.807) is 0 Å². The molecule has 0 aliphatic carbocycles. The molecule has 0 heterocycles. The number of aryl methyl sites for hydroxylation is 1. The number of hydrogen-bond donors (Lipinski definition) is 0. The van der Waals surface area contributed by atoms with E-state index < -0.39 is 0 Å². The molecule has 1 radical (unpaired) electrons. The fraction of sp³-hybridized carbons (Fsp3) is 0.300. The van der Waals surface area contributed by atoms with Crippen LogP contribution >= 0.6 is 35.0 Å². The third-order valence-electron chi connectivity index (χ3n) is 1.74. The molecule has 3 heteroatoms. The fourth-order valence-corrected chi connectivity index (χ4v) is 2.44. The number of benzene rings is 1. The molecular weight excluding hydrogens is 223 g/mol. The average Bonchev–Trinajstić information content (AvgIpc) is 2.04. The second-order valence-corrected chi connectivity index (χ2v) is 4.29. The first-order valence-electron chi connectivity index (χ1n) is 4.09. The summed E-state index contributed by atoms with van der Waals surface area (Å²) < 4.78 is 0. The Labute approximate surface area is 93.6 Å². The van der Waals surface area contributed by atoms with Gasteiger partial charge in [-0.1, -0.05) is 36.5 Å². The molecular formula is C10H11Cl2S. The molecule has 71 valence electrons. The first-order chi connectivity index (χ1) is 6.19. The van der Waals surface area contributed by atoms with Gasteiger partial charge in [-0.15, -0.1) is 11.8 Å². The van der Waals surface area contributed by atoms with Gasteiger partial charge in [-0.25, -0.2) is 0 Å². The Morgan fingerprint density at radius 3 is 2.23 bits per heavy atom. The Kier molecular flexibility index (Phi) is 4.43. The van der Waals surface area contributed by atoms with Crippen molar-refractivity contribution in [2.24, 2.45) is 0 Å². The van der Waals surface area contributed by atoms with Crippen LogP contribution in [0.5, 0.6) is 0 Å². The van der Waals surface area contributed by atoms with Crippen molar-refractivity contribution in [2.75, 3.05) is 0 Å². The van der Waals surface area contributed by atoms with E-state index >= 15 is 0 Å². The number of hydrogen-bond acceptors (Lipinski definition) is 1. The van der Waals surface area contributed by atoms with Gasteiger partial charge in [0.2, 0.25) is 0 Å². The quantitative estimate of drug-likeness (QED) is 0.675. The first kappa shape index (κ1) is 11.2. The van der Waals surface area contributed by atoms with Gasteiger partial charge in [-0.3, -0.25) is 0 Å². The number of thioether (sulfide) groups is 1. The minimum atomic E-state index is 0.705. The monoisotopic (exact) mass is 233 g/mol. The summed E-state index contributed by atoms with van der Waals surface area (Å²) in [7, 11) is 0. The molecule has 0 nitrogen and oxygen atoms in total. The summed E-state index contributed by atoms with van der Waals surface area (Å²) >= 11 is 13.4. The van der Waals surface area contributed by atoms with Crippen LogP contribution in [0, 0.1) is 6.26 Å². The SMILES string of the molecule is [CH2]Sc1c(Cl)cc(CCC)cc1Cl. The van der Waals surface area contributed by atoms with Crippen LogP contribution in [0.25, 0.3) is 0 Å². The van der Waals surface area contributed by atoms with Crippen molar-refractivity contribution in [2.45, 2.75) is 24.7 Å². The predicted molar refractivity (Wildman–Crippen MR) is 61.7 cm³/mol. The highest BCUT2D eigenvalue weighted by atomic mass is 35.5. The molecule has 0 spiro atoms. The van der Waals surface area contributed by atoms with Gasteiger partial charge < -0.3 is 0 Å². The van der Waals surface area contributed by atoms with Crippen LogP contribution < -0.4 is 0 Å². The number of halogens is 2. The largest absolute Gasteiger partial charge is 0.122 e. The topological polar surface area (TPSA) is 0 Å². The van der Waals surface area contributed by atoms with E-state index in [0.29, 0.717) is 10.0 Å². The molecule has 0 saturated carbocycles. The van der Waals surface area contributed by atoms with Crippen LogP contribution in [0.4, 0.5) is 0 Å². The Morgan fingerprint density at radius 1 is 1.31 bits per heavy atom. The normalized spacial score (nSPS) is 10.5. The van der Waals surface area contributed by atoms with Gasteiger partial charge in [0, 0.05) is 11.2 Å². The van der Waals surface area contributed by atoms with Gasteiger partial charge in [-0.2, -0.15) is 0 Å². The van der Waals surface area contributed by atoms with Crippen molar-refractivity contribution in [3.05, 3.63) is 34.0 Å². The lowest BCUT2D eigenvalue weighted by Gasteiger charge is -2.06. The highest BCUT2D eigenvalue weighted by Crippen LogP contribution is 2.34. The Hall–Kier alpha value is 0.150. The number of rotatable bonds is 3. The zero-order valence-corrected chi connectivity index (χ0v) is 9.77. The maximum atomic E-state index is 6.03. The lowest BCUT2D eigenvalue weighted by atomic mass is 10.1. The Morgan fingerprint density at radius 2 is 1.85 bits per heavy atom. The predicted octanol–water partition coefficient (Wildman–Crippen LogP) is 4.83. The summed E-state index contributed by atoms with van der Waals surface area (Å²) in [6.45, 7) is 2.13. The summed E-state index contributed by atoms with van der Waals surface area (Å²) in [6.07, 6.45) is 5.82. The van der Waals surface area contributed by atoms with Crippen LogP contribution in [0.3, 0.4) is 0 Å². The van der Waals surface area contributed by atoms with E-state index in [2.05, 4.69) is 13.2 Å². The summed E-state index contributed by atoms with van der Waals surface area (Å²) in [5.74, 6) is 0. The molecule has 1 aromatic rings. The molecule has 0 aliphatic heterocycles.